The average Bonchev–Trinajstić information content (AvgIpc) is 2.63. The van der Waals surface area contributed by atoms with E-state index in [0.717, 1.165) is 23.5 Å². The first kappa shape index (κ1) is 13.6. The van der Waals surface area contributed by atoms with Crippen molar-refractivity contribution in [3.8, 4) is 11.5 Å². The molecule has 0 radical (unpaired) electrons. The van der Waals surface area contributed by atoms with Crippen LogP contribution < -0.4 is 26.1 Å². The summed E-state index contributed by atoms with van der Waals surface area (Å²) in [6, 6.07) is 5.04. The number of amides is 1. The van der Waals surface area contributed by atoms with E-state index < -0.39 is 6.04 Å². The number of nitrogens with two attached hydrogens (primary N) is 1. The smallest absolute Gasteiger partial charge is 0.251 e. The molecule has 1 aliphatic heterocycles. The second kappa shape index (κ2) is 6.40. The maximum Gasteiger partial charge on any atom is 0.251 e. The highest BCUT2D eigenvalue weighted by atomic mass is 16.5. The highest BCUT2D eigenvalue weighted by Crippen LogP contribution is 2.30. The molecule has 1 aliphatic rings. The van der Waals surface area contributed by atoms with Crippen LogP contribution >= 0.6 is 0 Å². The Bertz CT molecular complexity index is 451. The lowest BCUT2D eigenvalue weighted by Crippen LogP contribution is -2.46. The number of ether oxygens (including phenoxy) is 2. The second-order valence-electron chi connectivity index (χ2n) is 4.38. The SMILES string of the molecule is CNNC(=O)C(N)Cc1ccc2c(c1)OCCCO2. The molecule has 1 aromatic rings. The van der Waals surface area contributed by atoms with Crippen LogP contribution in [0.25, 0.3) is 0 Å². The molecule has 1 aromatic carbocycles. The third kappa shape index (κ3) is 3.59. The van der Waals surface area contributed by atoms with Crippen LogP contribution in [0.15, 0.2) is 18.2 Å². The van der Waals surface area contributed by atoms with Crippen LogP contribution in [-0.2, 0) is 11.2 Å². The lowest BCUT2D eigenvalue weighted by Gasteiger charge is -2.13. The molecule has 6 heteroatoms. The topological polar surface area (TPSA) is 85.6 Å². The van der Waals surface area contributed by atoms with Crippen LogP contribution in [0.5, 0.6) is 11.5 Å². The van der Waals surface area contributed by atoms with Crippen molar-refractivity contribution >= 4 is 5.91 Å². The molecule has 2 rings (SSSR count). The molecule has 0 spiro atoms. The molecule has 4 N–H and O–H groups in total. The first-order valence-electron chi connectivity index (χ1n) is 6.31. The molecule has 0 saturated carbocycles. The van der Waals surface area contributed by atoms with E-state index in [2.05, 4.69) is 10.9 Å². The molecule has 104 valence electrons. The van der Waals surface area contributed by atoms with Crippen molar-refractivity contribution < 1.29 is 14.3 Å². The maximum atomic E-state index is 11.5. The lowest BCUT2D eigenvalue weighted by molar-refractivity contribution is -0.123. The van der Waals surface area contributed by atoms with Crippen molar-refractivity contribution in [2.45, 2.75) is 18.9 Å². The van der Waals surface area contributed by atoms with Crippen LogP contribution in [0.3, 0.4) is 0 Å². The standard InChI is InChI=1S/C13H19N3O3/c1-15-16-13(17)10(14)7-9-3-4-11-12(8-9)19-6-2-5-18-11/h3-4,8,10,15H,2,5-7,14H2,1H3,(H,16,17). The number of carbonyl (C=O) groups is 1. The van der Waals surface area contributed by atoms with E-state index in [1.807, 2.05) is 18.2 Å². The number of rotatable bonds is 4. The molecule has 1 amide bonds. The summed E-state index contributed by atoms with van der Waals surface area (Å²) in [6.07, 6.45) is 1.32. The molecular weight excluding hydrogens is 246 g/mol. The molecule has 0 fully saturated rings. The summed E-state index contributed by atoms with van der Waals surface area (Å²) in [5.74, 6) is 1.22. The Morgan fingerprint density at radius 2 is 2.11 bits per heavy atom. The molecule has 1 unspecified atom stereocenters. The third-order valence-electron chi connectivity index (χ3n) is 2.85. The quantitative estimate of drug-likeness (QED) is 0.666. The molecule has 19 heavy (non-hydrogen) atoms. The summed E-state index contributed by atoms with van der Waals surface area (Å²) in [5, 5.41) is 0. The summed E-state index contributed by atoms with van der Waals surface area (Å²) in [6.45, 7) is 1.30. The molecule has 1 heterocycles. The summed E-state index contributed by atoms with van der Waals surface area (Å²) < 4.78 is 11.1. The molecule has 0 bridgehead atoms. The van der Waals surface area contributed by atoms with E-state index in [4.69, 9.17) is 15.2 Å². The van der Waals surface area contributed by atoms with Gasteiger partial charge in [0.15, 0.2) is 11.5 Å². The minimum Gasteiger partial charge on any atom is -0.490 e. The Balaban J connectivity index is 2.05. The monoisotopic (exact) mass is 265 g/mol. The van der Waals surface area contributed by atoms with Crippen molar-refractivity contribution in [3.05, 3.63) is 23.8 Å². The number of nitrogens with one attached hydrogen (secondary N) is 2. The Hall–Kier alpha value is -1.79. The fourth-order valence-electron chi connectivity index (χ4n) is 1.90. The summed E-state index contributed by atoms with van der Waals surface area (Å²) in [5.41, 5.74) is 11.8. The van der Waals surface area contributed by atoms with Gasteiger partial charge < -0.3 is 15.2 Å². The largest absolute Gasteiger partial charge is 0.490 e. The Labute approximate surface area is 112 Å². The minimum absolute atomic E-state index is 0.241. The van der Waals surface area contributed by atoms with E-state index in [9.17, 15) is 4.79 Å². The zero-order valence-corrected chi connectivity index (χ0v) is 10.9. The van der Waals surface area contributed by atoms with E-state index in [0.29, 0.717) is 19.6 Å². The van der Waals surface area contributed by atoms with Crippen LogP contribution in [-0.4, -0.2) is 32.2 Å². The summed E-state index contributed by atoms with van der Waals surface area (Å²) in [7, 11) is 1.62. The van der Waals surface area contributed by atoms with E-state index >= 15 is 0 Å². The van der Waals surface area contributed by atoms with Crippen molar-refractivity contribution in [1.82, 2.24) is 10.9 Å². The van der Waals surface area contributed by atoms with Gasteiger partial charge in [0.1, 0.15) is 0 Å². The highest BCUT2D eigenvalue weighted by Gasteiger charge is 2.16. The molecule has 0 saturated heterocycles. The van der Waals surface area contributed by atoms with Gasteiger partial charge in [-0.1, -0.05) is 6.07 Å². The highest BCUT2D eigenvalue weighted by molar-refractivity contribution is 5.81. The van der Waals surface area contributed by atoms with Gasteiger partial charge in [0.2, 0.25) is 0 Å². The molecule has 1 atom stereocenters. The normalized spacial score (nSPS) is 15.5. The second-order valence-corrected chi connectivity index (χ2v) is 4.38. The van der Waals surface area contributed by atoms with E-state index in [-0.39, 0.29) is 5.91 Å². The number of hydrazine groups is 1. The molecule has 0 aromatic heterocycles. The Morgan fingerprint density at radius 3 is 2.84 bits per heavy atom. The van der Waals surface area contributed by atoms with Gasteiger partial charge in [-0.2, -0.15) is 0 Å². The van der Waals surface area contributed by atoms with Crippen LogP contribution in [0.4, 0.5) is 0 Å². The van der Waals surface area contributed by atoms with Crippen molar-refractivity contribution in [2.75, 3.05) is 20.3 Å². The van der Waals surface area contributed by atoms with Crippen molar-refractivity contribution in [1.29, 1.82) is 0 Å². The van der Waals surface area contributed by atoms with Crippen LogP contribution in [0.2, 0.25) is 0 Å². The Morgan fingerprint density at radius 1 is 1.37 bits per heavy atom. The average molecular weight is 265 g/mol. The van der Waals surface area contributed by atoms with Gasteiger partial charge in [-0.3, -0.25) is 10.2 Å². The van der Waals surface area contributed by atoms with Crippen molar-refractivity contribution in [2.24, 2.45) is 5.73 Å². The number of benzene rings is 1. The first-order valence-corrected chi connectivity index (χ1v) is 6.31. The Kier molecular flexibility index (Phi) is 4.59. The van der Waals surface area contributed by atoms with Crippen molar-refractivity contribution in [3.63, 3.8) is 0 Å². The zero-order chi connectivity index (χ0) is 13.7. The summed E-state index contributed by atoms with van der Waals surface area (Å²) in [4.78, 5) is 11.5. The predicted molar refractivity (Wildman–Crippen MR) is 70.9 cm³/mol. The third-order valence-corrected chi connectivity index (χ3v) is 2.85. The van der Waals surface area contributed by atoms with Gasteiger partial charge in [-0.15, -0.1) is 0 Å². The number of fused-ring (bicyclic) bond motifs is 1. The maximum absolute atomic E-state index is 11.5. The number of carbonyl (C=O) groups excluding carboxylic acids is 1. The fourth-order valence-corrected chi connectivity index (χ4v) is 1.90. The fraction of sp³-hybridized carbons (Fsp3) is 0.462. The van der Waals surface area contributed by atoms with E-state index in [1.54, 1.807) is 7.05 Å². The van der Waals surface area contributed by atoms with Gasteiger partial charge >= 0.3 is 0 Å². The van der Waals surface area contributed by atoms with Gasteiger partial charge in [0, 0.05) is 13.5 Å². The zero-order valence-electron chi connectivity index (χ0n) is 10.9. The van der Waals surface area contributed by atoms with E-state index in [1.165, 1.54) is 0 Å². The lowest BCUT2D eigenvalue weighted by atomic mass is 10.1. The minimum atomic E-state index is -0.600. The first-order chi connectivity index (χ1) is 9.20. The summed E-state index contributed by atoms with van der Waals surface area (Å²) >= 11 is 0. The van der Waals surface area contributed by atoms with Gasteiger partial charge in [-0.25, -0.2) is 5.43 Å². The predicted octanol–water partition coefficient (Wildman–Crippen LogP) is -0.0317. The van der Waals surface area contributed by atoms with Gasteiger partial charge in [-0.05, 0) is 24.1 Å². The molecular formula is C13H19N3O3. The van der Waals surface area contributed by atoms with Crippen LogP contribution in [0, 0.1) is 0 Å². The molecule has 0 aliphatic carbocycles. The number of hydrogen-bond acceptors (Lipinski definition) is 5. The van der Waals surface area contributed by atoms with Gasteiger partial charge in [0.25, 0.3) is 5.91 Å². The van der Waals surface area contributed by atoms with Gasteiger partial charge in [0.05, 0.1) is 19.3 Å². The molecule has 6 nitrogen and oxygen atoms in total. The van der Waals surface area contributed by atoms with Crippen LogP contribution in [0.1, 0.15) is 12.0 Å². The number of hydrogen-bond donors (Lipinski definition) is 3.